The Kier molecular flexibility index (Phi) is 3.86. The molecule has 2 aromatic rings. The number of nitrogens with zero attached hydrogens (tertiary/aromatic N) is 1. The van der Waals surface area contributed by atoms with Crippen molar-refractivity contribution in [3.8, 4) is 11.5 Å². The van der Waals surface area contributed by atoms with Crippen LogP contribution in [0.2, 0.25) is 0 Å². The molecule has 2 N–H and O–H groups in total. The lowest BCUT2D eigenvalue weighted by Gasteiger charge is -2.15. The Morgan fingerprint density at radius 3 is 2.47 bits per heavy atom. The Morgan fingerprint density at radius 1 is 1.05 bits per heavy atom. The topological polar surface area (TPSA) is 48.1 Å². The molecular weight excluding hydrogens is 236 g/mol. The molecule has 0 amide bonds. The first kappa shape index (κ1) is 13.6. The average molecular weight is 256 g/mol. The lowest BCUT2D eigenvalue weighted by Crippen LogP contribution is -2.05. The van der Waals surface area contributed by atoms with Gasteiger partial charge < -0.3 is 10.5 Å². The first-order valence-electron chi connectivity index (χ1n) is 6.43. The van der Waals surface area contributed by atoms with Gasteiger partial charge in [0.15, 0.2) is 0 Å². The van der Waals surface area contributed by atoms with Gasteiger partial charge in [-0.2, -0.15) is 0 Å². The number of pyridine rings is 1. The van der Waals surface area contributed by atoms with E-state index in [1.807, 2.05) is 32.9 Å². The summed E-state index contributed by atoms with van der Waals surface area (Å²) in [5.41, 5.74) is 10.9. The lowest BCUT2D eigenvalue weighted by atomic mass is 10.1. The number of benzene rings is 1. The summed E-state index contributed by atoms with van der Waals surface area (Å²) in [4.78, 5) is 4.43. The Labute approximate surface area is 114 Å². The molecule has 3 nitrogen and oxygen atoms in total. The van der Waals surface area contributed by atoms with E-state index < -0.39 is 0 Å². The largest absolute Gasteiger partial charge is 0.457 e. The summed E-state index contributed by atoms with van der Waals surface area (Å²) in [5.74, 6) is 1.68. The predicted octanol–water partition coefficient (Wildman–Crippen LogP) is 3.57. The van der Waals surface area contributed by atoms with Crippen molar-refractivity contribution >= 4 is 0 Å². The number of aryl methyl sites for hydroxylation is 4. The van der Waals surface area contributed by atoms with Gasteiger partial charge in [0.05, 0.1) is 0 Å². The third kappa shape index (κ3) is 2.93. The predicted molar refractivity (Wildman–Crippen MR) is 77.6 cm³/mol. The van der Waals surface area contributed by atoms with Crippen LogP contribution in [0.15, 0.2) is 24.3 Å². The van der Waals surface area contributed by atoms with Gasteiger partial charge in [0.25, 0.3) is 0 Å². The minimum absolute atomic E-state index is 0.430. The van der Waals surface area contributed by atoms with Gasteiger partial charge in [-0.25, -0.2) is 0 Å². The van der Waals surface area contributed by atoms with Crippen molar-refractivity contribution in [2.75, 3.05) is 0 Å². The molecule has 1 aromatic carbocycles. The number of aromatic nitrogens is 1. The Morgan fingerprint density at radius 2 is 1.79 bits per heavy atom. The van der Waals surface area contributed by atoms with Crippen molar-refractivity contribution in [1.82, 2.24) is 4.98 Å². The number of hydrogen-bond donors (Lipinski definition) is 1. The summed E-state index contributed by atoms with van der Waals surface area (Å²) >= 11 is 0. The second-order valence-electron chi connectivity index (χ2n) is 4.90. The van der Waals surface area contributed by atoms with Gasteiger partial charge in [-0.1, -0.05) is 12.1 Å². The summed E-state index contributed by atoms with van der Waals surface area (Å²) < 4.78 is 6.05. The standard InChI is InChI=1S/C16H20N2O/c1-10-5-6-11(2)15(7-10)19-16-8-12(3)18-13(4)14(16)9-17/h5-8H,9,17H2,1-4H3. The Balaban J connectivity index is 2.45. The molecule has 19 heavy (non-hydrogen) atoms. The van der Waals surface area contributed by atoms with E-state index >= 15 is 0 Å². The van der Waals surface area contributed by atoms with Crippen LogP contribution >= 0.6 is 0 Å². The lowest BCUT2D eigenvalue weighted by molar-refractivity contribution is 0.470. The quantitative estimate of drug-likeness (QED) is 0.913. The zero-order chi connectivity index (χ0) is 14.0. The van der Waals surface area contributed by atoms with Gasteiger partial charge in [0.2, 0.25) is 0 Å². The first-order chi connectivity index (χ1) is 9.01. The van der Waals surface area contributed by atoms with E-state index in [1.165, 1.54) is 5.56 Å². The van der Waals surface area contributed by atoms with Crippen LogP contribution in [-0.4, -0.2) is 4.98 Å². The fourth-order valence-corrected chi connectivity index (χ4v) is 2.09. The second kappa shape index (κ2) is 5.41. The summed E-state index contributed by atoms with van der Waals surface area (Å²) in [6.07, 6.45) is 0. The molecule has 0 aliphatic rings. The molecule has 0 saturated heterocycles. The van der Waals surface area contributed by atoms with Crippen LogP contribution in [0.25, 0.3) is 0 Å². The van der Waals surface area contributed by atoms with Crippen LogP contribution in [0.1, 0.15) is 28.1 Å². The normalized spacial score (nSPS) is 10.6. The van der Waals surface area contributed by atoms with Crippen LogP contribution < -0.4 is 10.5 Å². The molecule has 0 atom stereocenters. The van der Waals surface area contributed by atoms with Crippen LogP contribution in [0.5, 0.6) is 11.5 Å². The molecule has 0 unspecified atom stereocenters. The number of ether oxygens (including phenoxy) is 1. The molecule has 100 valence electrons. The molecule has 0 bridgehead atoms. The molecule has 3 heteroatoms. The molecule has 0 fully saturated rings. The molecule has 2 rings (SSSR count). The maximum atomic E-state index is 6.05. The highest BCUT2D eigenvalue weighted by Gasteiger charge is 2.10. The highest BCUT2D eigenvalue weighted by Crippen LogP contribution is 2.30. The van der Waals surface area contributed by atoms with E-state index in [0.29, 0.717) is 6.54 Å². The van der Waals surface area contributed by atoms with E-state index in [2.05, 4.69) is 24.0 Å². The van der Waals surface area contributed by atoms with Gasteiger partial charge in [0.1, 0.15) is 11.5 Å². The van der Waals surface area contributed by atoms with E-state index in [1.54, 1.807) is 0 Å². The summed E-state index contributed by atoms with van der Waals surface area (Å²) in [6, 6.07) is 8.13. The minimum Gasteiger partial charge on any atom is -0.457 e. The SMILES string of the molecule is Cc1ccc(C)c(Oc2cc(C)nc(C)c2CN)c1. The number of rotatable bonds is 3. The van der Waals surface area contributed by atoms with Gasteiger partial charge in [-0.15, -0.1) is 0 Å². The Hall–Kier alpha value is -1.87. The highest BCUT2D eigenvalue weighted by molar-refractivity contribution is 5.44. The molecule has 1 heterocycles. The van der Waals surface area contributed by atoms with Crippen molar-refractivity contribution in [3.63, 3.8) is 0 Å². The molecule has 1 aromatic heterocycles. The Bertz CT molecular complexity index is 606. The third-order valence-electron chi connectivity index (χ3n) is 3.19. The maximum absolute atomic E-state index is 6.05. The van der Waals surface area contributed by atoms with Crippen LogP contribution in [0.4, 0.5) is 0 Å². The van der Waals surface area contributed by atoms with E-state index in [-0.39, 0.29) is 0 Å². The van der Waals surface area contributed by atoms with Gasteiger partial charge in [-0.05, 0) is 44.9 Å². The summed E-state index contributed by atoms with van der Waals surface area (Å²) in [5, 5.41) is 0. The molecule has 0 saturated carbocycles. The van der Waals surface area contributed by atoms with Crippen molar-refractivity contribution in [1.29, 1.82) is 0 Å². The van der Waals surface area contributed by atoms with Gasteiger partial charge in [0, 0.05) is 29.6 Å². The molecule has 0 radical (unpaired) electrons. The fourth-order valence-electron chi connectivity index (χ4n) is 2.09. The fraction of sp³-hybridized carbons (Fsp3) is 0.312. The monoisotopic (exact) mass is 256 g/mol. The smallest absolute Gasteiger partial charge is 0.135 e. The zero-order valence-corrected chi connectivity index (χ0v) is 11.9. The van der Waals surface area contributed by atoms with Gasteiger partial charge >= 0.3 is 0 Å². The molecular formula is C16H20N2O. The van der Waals surface area contributed by atoms with Crippen LogP contribution in [0.3, 0.4) is 0 Å². The zero-order valence-electron chi connectivity index (χ0n) is 11.9. The molecule has 0 spiro atoms. The summed E-state index contributed by atoms with van der Waals surface area (Å²) in [6.45, 7) is 8.45. The second-order valence-corrected chi connectivity index (χ2v) is 4.90. The first-order valence-corrected chi connectivity index (χ1v) is 6.43. The minimum atomic E-state index is 0.430. The van der Waals surface area contributed by atoms with E-state index in [0.717, 1.165) is 34.0 Å². The average Bonchev–Trinajstić information content (AvgIpc) is 2.33. The highest BCUT2D eigenvalue weighted by atomic mass is 16.5. The van der Waals surface area contributed by atoms with Gasteiger partial charge in [-0.3, -0.25) is 4.98 Å². The third-order valence-corrected chi connectivity index (χ3v) is 3.19. The number of nitrogens with two attached hydrogens (primary N) is 1. The van der Waals surface area contributed by atoms with Crippen molar-refractivity contribution in [2.24, 2.45) is 5.73 Å². The molecule has 0 aliphatic heterocycles. The summed E-state index contributed by atoms with van der Waals surface area (Å²) in [7, 11) is 0. The van der Waals surface area contributed by atoms with Crippen molar-refractivity contribution in [2.45, 2.75) is 34.2 Å². The van der Waals surface area contributed by atoms with Crippen LogP contribution in [0, 0.1) is 27.7 Å². The molecule has 0 aliphatic carbocycles. The van der Waals surface area contributed by atoms with E-state index in [9.17, 15) is 0 Å². The maximum Gasteiger partial charge on any atom is 0.135 e. The van der Waals surface area contributed by atoms with E-state index in [4.69, 9.17) is 10.5 Å². The van der Waals surface area contributed by atoms with Crippen molar-refractivity contribution in [3.05, 3.63) is 52.3 Å². The number of hydrogen-bond acceptors (Lipinski definition) is 3. The van der Waals surface area contributed by atoms with Crippen LogP contribution in [-0.2, 0) is 6.54 Å². The van der Waals surface area contributed by atoms with Crippen molar-refractivity contribution < 1.29 is 4.74 Å².